The molecule has 2 aliphatic rings. The second-order valence-electron chi connectivity index (χ2n) is 3.29. The van der Waals surface area contributed by atoms with E-state index in [9.17, 15) is 0 Å². The van der Waals surface area contributed by atoms with Crippen molar-refractivity contribution in [2.45, 2.75) is 0 Å². The summed E-state index contributed by atoms with van der Waals surface area (Å²) in [5.74, 6) is 0. The Balaban J connectivity index is 2.50. The van der Waals surface area contributed by atoms with Crippen molar-refractivity contribution in [2.24, 2.45) is 0 Å². The van der Waals surface area contributed by atoms with E-state index >= 15 is 0 Å². The van der Waals surface area contributed by atoms with Crippen molar-refractivity contribution in [3.05, 3.63) is 45.8 Å². The smallest absolute Gasteiger partial charge is 0.0455 e. The van der Waals surface area contributed by atoms with Crippen molar-refractivity contribution in [3.63, 3.8) is 0 Å². The molecule has 0 fully saturated rings. The summed E-state index contributed by atoms with van der Waals surface area (Å²) in [6.07, 6.45) is 10.4. The van der Waals surface area contributed by atoms with Crippen LogP contribution in [0.15, 0.2) is 24.3 Å². The van der Waals surface area contributed by atoms with Crippen LogP contribution in [0.3, 0.4) is 0 Å². The summed E-state index contributed by atoms with van der Waals surface area (Å²) < 4.78 is 0. The molecule has 3 rings (SSSR count). The standard InChI is InChI=1S/C12H7S/c13-12-5-4-10-6-8-2-1-3-9(8)7-11(10)12/h1-7H. The third-order valence-electron chi connectivity index (χ3n) is 2.49. The van der Waals surface area contributed by atoms with Gasteiger partial charge in [0, 0.05) is 10.1 Å². The molecule has 13 heavy (non-hydrogen) atoms. The number of hydrogen-bond acceptors (Lipinski definition) is 0. The molecular weight excluding hydrogens is 176 g/mol. The normalized spacial score (nSPS) is 15.8. The third-order valence-corrected chi connectivity index (χ3v) is 2.84. The average molecular weight is 183 g/mol. The van der Waals surface area contributed by atoms with Gasteiger partial charge in [-0.05, 0) is 34.6 Å². The van der Waals surface area contributed by atoms with E-state index in [4.69, 9.17) is 12.6 Å². The zero-order valence-corrected chi connectivity index (χ0v) is 7.77. The monoisotopic (exact) mass is 183 g/mol. The van der Waals surface area contributed by atoms with Crippen LogP contribution in [0.4, 0.5) is 0 Å². The lowest BCUT2D eigenvalue weighted by atomic mass is 10.1. The molecular formula is C12H7S. The maximum atomic E-state index is 5.22. The first-order valence-corrected chi connectivity index (χ1v) is 4.67. The summed E-state index contributed by atoms with van der Waals surface area (Å²) in [5.41, 5.74) is 2.54. The summed E-state index contributed by atoms with van der Waals surface area (Å²) >= 11 is 5.22. The Morgan fingerprint density at radius 1 is 0.923 bits per heavy atom. The van der Waals surface area contributed by atoms with Gasteiger partial charge in [0.05, 0.1) is 0 Å². The molecule has 0 nitrogen and oxygen atoms in total. The predicted octanol–water partition coefficient (Wildman–Crippen LogP) is 1.83. The summed E-state index contributed by atoms with van der Waals surface area (Å²) in [5, 5.41) is 2.50. The molecule has 1 aromatic rings. The van der Waals surface area contributed by atoms with E-state index in [0.717, 1.165) is 4.91 Å². The molecule has 1 radical (unpaired) electrons. The first kappa shape index (κ1) is 7.10. The van der Waals surface area contributed by atoms with Crippen molar-refractivity contribution in [2.75, 3.05) is 0 Å². The SMILES string of the molecule is [S]C1=c2cc3c(cc2C=C1)=CC=C3. The average Bonchev–Trinajstić information content (AvgIpc) is 2.70. The second kappa shape index (κ2) is 2.33. The van der Waals surface area contributed by atoms with E-state index in [2.05, 4.69) is 36.4 Å². The molecule has 0 N–H and O–H groups in total. The van der Waals surface area contributed by atoms with E-state index in [-0.39, 0.29) is 0 Å². The van der Waals surface area contributed by atoms with Gasteiger partial charge in [-0.2, -0.15) is 0 Å². The van der Waals surface area contributed by atoms with Crippen molar-refractivity contribution >= 4 is 35.8 Å². The minimum absolute atomic E-state index is 0.957. The van der Waals surface area contributed by atoms with Crippen LogP contribution in [0, 0.1) is 0 Å². The highest BCUT2D eigenvalue weighted by atomic mass is 32.1. The van der Waals surface area contributed by atoms with Crippen molar-refractivity contribution in [1.29, 1.82) is 0 Å². The highest BCUT2D eigenvalue weighted by molar-refractivity contribution is 7.90. The highest BCUT2D eigenvalue weighted by Crippen LogP contribution is 2.13. The number of fused-ring (bicyclic) bond motifs is 2. The van der Waals surface area contributed by atoms with Gasteiger partial charge in [0.1, 0.15) is 0 Å². The molecule has 0 saturated carbocycles. The van der Waals surface area contributed by atoms with Crippen LogP contribution in [0.25, 0.3) is 23.1 Å². The van der Waals surface area contributed by atoms with Gasteiger partial charge in [-0.1, -0.05) is 36.9 Å². The molecule has 0 bridgehead atoms. The minimum Gasteiger partial charge on any atom is -0.0794 e. The Kier molecular flexibility index (Phi) is 1.27. The van der Waals surface area contributed by atoms with E-state index in [1.807, 2.05) is 6.08 Å². The predicted molar refractivity (Wildman–Crippen MR) is 59.2 cm³/mol. The van der Waals surface area contributed by atoms with Crippen LogP contribution < -0.4 is 10.4 Å². The topological polar surface area (TPSA) is 0 Å². The molecule has 0 aromatic heterocycles. The van der Waals surface area contributed by atoms with Crippen LogP contribution in [-0.4, -0.2) is 0 Å². The fraction of sp³-hybridized carbons (Fsp3) is 0. The van der Waals surface area contributed by atoms with Crippen LogP contribution in [0.1, 0.15) is 11.1 Å². The van der Waals surface area contributed by atoms with Crippen molar-refractivity contribution in [1.82, 2.24) is 0 Å². The summed E-state index contributed by atoms with van der Waals surface area (Å²) in [6, 6.07) is 4.37. The van der Waals surface area contributed by atoms with E-state index in [1.54, 1.807) is 0 Å². The van der Waals surface area contributed by atoms with Gasteiger partial charge >= 0.3 is 0 Å². The largest absolute Gasteiger partial charge is 0.0794 e. The van der Waals surface area contributed by atoms with E-state index in [1.165, 1.54) is 21.6 Å². The van der Waals surface area contributed by atoms with E-state index in [0.29, 0.717) is 0 Å². The molecule has 61 valence electrons. The fourth-order valence-electron chi connectivity index (χ4n) is 1.80. The van der Waals surface area contributed by atoms with Gasteiger partial charge in [-0.25, -0.2) is 0 Å². The summed E-state index contributed by atoms with van der Waals surface area (Å²) in [4.78, 5) is 0.957. The van der Waals surface area contributed by atoms with Gasteiger partial charge in [-0.3, -0.25) is 0 Å². The maximum Gasteiger partial charge on any atom is 0.0455 e. The maximum absolute atomic E-state index is 5.22. The Hall–Kier alpha value is -1.34. The van der Waals surface area contributed by atoms with Crippen LogP contribution in [-0.2, 0) is 0 Å². The van der Waals surface area contributed by atoms with Crippen LogP contribution >= 0.6 is 12.6 Å². The first-order valence-electron chi connectivity index (χ1n) is 4.26. The molecule has 1 aromatic carbocycles. The Morgan fingerprint density at radius 2 is 1.85 bits per heavy atom. The van der Waals surface area contributed by atoms with Gasteiger partial charge < -0.3 is 0 Å². The molecule has 2 aliphatic carbocycles. The van der Waals surface area contributed by atoms with Crippen molar-refractivity contribution in [3.8, 4) is 0 Å². The summed E-state index contributed by atoms with van der Waals surface area (Å²) in [7, 11) is 0. The Morgan fingerprint density at radius 3 is 2.77 bits per heavy atom. The van der Waals surface area contributed by atoms with Crippen molar-refractivity contribution < 1.29 is 0 Å². The molecule has 0 atom stereocenters. The lowest BCUT2D eigenvalue weighted by Crippen LogP contribution is -2.13. The fourth-order valence-corrected chi connectivity index (χ4v) is 2.05. The molecule has 0 amide bonds. The lowest BCUT2D eigenvalue weighted by molar-refractivity contribution is 1.51. The number of hydrogen-bond donors (Lipinski definition) is 0. The second-order valence-corrected chi connectivity index (χ2v) is 3.73. The Bertz CT molecular complexity index is 560. The molecule has 0 heterocycles. The third kappa shape index (κ3) is 0.909. The van der Waals surface area contributed by atoms with Crippen LogP contribution in [0.5, 0.6) is 0 Å². The highest BCUT2D eigenvalue weighted by Gasteiger charge is 2.06. The first-order chi connectivity index (χ1) is 6.34. The number of allylic oxidation sites excluding steroid dienone is 1. The molecule has 1 heteroatoms. The van der Waals surface area contributed by atoms with Gasteiger partial charge in [0.15, 0.2) is 0 Å². The molecule has 0 spiro atoms. The number of benzene rings is 1. The van der Waals surface area contributed by atoms with Crippen LogP contribution in [0.2, 0.25) is 0 Å². The molecule has 0 unspecified atom stereocenters. The van der Waals surface area contributed by atoms with Gasteiger partial charge in [0.2, 0.25) is 0 Å². The zero-order valence-electron chi connectivity index (χ0n) is 6.95. The van der Waals surface area contributed by atoms with Gasteiger partial charge in [0.25, 0.3) is 0 Å². The minimum atomic E-state index is 0.957. The summed E-state index contributed by atoms with van der Waals surface area (Å²) in [6.45, 7) is 0. The quantitative estimate of drug-likeness (QED) is 0.575. The Labute approximate surface area is 82.0 Å². The molecule has 0 saturated heterocycles. The van der Waals surface area contributed by atoms with E-state index < -0.39 is 0 Å². The lowest BCUT2D eigenvalue weighted by Gasteiger charge is -1.95. The zero-order chi connectivity index (χ0) is 8.84. The van der Waals surface area contributed by atoms with Gasteiger partial charge in [-0.15, -0.1) is 0 Å². The molecule has 0 aliphatic heterocycles. The number of rotatable bonds is 0.